The number of benzene rings is 2. The van der Waals surface area contributed by atoms with Crippen LogP contribution in [-0.2, 0) is 0 Å². The zero-order chi connectivity index (χ0) is 12.4. The van der Waals surface area contributed by atoms with Crippen molar-refractivity contribution in [2.24, 2.45) is 0 Å². The van der Waals surface area contributed by atoms with Crippen molar-refractivity contribution in [3.8, 4) is 11.1 Å². The first-order chi connectivity index (χ1) is 8.11. The van der Waals surface area contributed by atoms with Crippen LogP contribution in [0.25, 0.3) is 11.1 Å². The number of hydrogen-bond donors (Lipinski definition) is 0. The monoisotopic (exact) mass is 268 g/mol. The predicted molar refractivity (Wildman–Crippen MR) is 67.2 cm³/mol. The number of carbonyl (C=O) groups is 1. The van der Waals surface area contributed by atoms with Gasteiger partial charge in [0.1, 0.15) is 5.82 Å². The molecule has 0 amide bonds. The molecular formula is C13H7Cl2FO. The SMILES string of the molecule is O=Cc1cc(Cl)ccc1-c1ccc(F)cc1Cl. The van der Waals surface area contributed by atoms with Gasteiger partial charge in [0.05, 0.1) is 5.02 Å². The molecule has 0 saturated carbocycles. The molecule has 1 nitrogen and oxygen atoms in total. The lowest BCUT2D eigenvalue weighted by molar-refractivity contribution is 0.112. The molecule has 0 aliphatic heterocycles. The largest absolute Gasteiger partial charge is 0.298 e. The predicted octanol–water partition coefficient (Wildman–Crippen LogP) is 4.61. The van der Waals surface area contributed by atoms with Crippen molar-refractivity contribution in [2.45, 2.75) is 0 Å². The molecule has 2 aromatic rings. The third-order valence-electron chi connectivity index (χ3n) is 2.36. The Morgan fingerprint density at radius 1 is 1.00 bits per heavy atom. The van der Waals surface area contributed by atoms with Crippen LogP contribution < -0.4 is 0 Å². The second kappa shape index (κ2) is 4.86. The molecule has 0 heterocycles. The molecule has 0 bridgehead atoms. The number of halogens is 3. The Balaban J connectivity index is 2.63. The van der Waals surface area contributed by atoms with Gasteiger partial charge in [-0.3, -0.25) is 4.79 Å². The Bertz CT molecular complexity index is 582. The summed E-state index contributed by atoms with van der Waals surface area (Å²) in [7, 11) is 0. The zero-order valence-corrected chi connectivity index (χ0v) is 10.1. The zero-order valence-electron chi connectivity index (χ0n) is 8.58. The molecule has 86 valence electrons. The molecule has 0 aliphatic carbocycles. The lowest BCUT2D eigenvalue weighted by Crippen LogP contribution is -1.89. The summed E-state index contributed by atoms with van der Waals surface area (Å²) in [5.41, 5.74) is 1.66. The second-order valence-electron chi connectivity index (χ2n) is 3.47. The molecule has 4 heteroatoms. The third-order valence-corrected chi connectivity index (χ3v) is 2.91. The molecule has 0 atom stereocenters. The van der Waals surface area contributed by atoms with Gasteiger partial charge in [0, 0.05) is 16.1 Å². The van der Waals surface area contributed by atoms with Gasteiger partial charge in [0.2, 0.25) is 0 Å². The van der Waals surface area contributed by atoms with Crippen LogP contribution in [0.3, 0.4) is 0 Å². The maximum Gasteiger partial charge on any atom is 0.150 e. The van der Waals surface area contributed by atoms with E-state index < -0.39 is 5.82 Å². The van der Waals surface area contributed by atoms with Crippen LogP contribution in [0.1, 0.15) is 10.4 Å². The van der Waals surface area contributed by atoms with Crippen molar-refractivity contribution in [1.82, 2.24) is 0 Å². The fourth-order valence-corrected chi connectivity index (χ4v) is 2.03. The smallest absolute Gasteiger partial charge is 0.150 e. The van der Waals surface area contributed by atoms with Crippen LogP contribution in [0.4, 0.5) is 4.39 Å². The summed E-state index contributed by atoms with van der Waals surface area (Å²) in [5.74, 6) is -0.416. The van der Waals surface area contributed by atoms with Crippen LogP contribution >= 0.6 is 23.2 Å². The highest BCUT2D eigenvalue weighted by Gasteiger charge is 2.09. The molecule has 0 fully saturated rings. The Morgan fingerprint density at radius 3 is 2.35 bits per heavy atom. The van der Waals surface area contributed by atoms with Crippen LogP contribution in [-0.4, -0.2) is 6.29 Å². The summed E-state index contributed by atoms with van der Waals surface area (Å²) in [6, 6.07) is 8.93. The normalized spacial score (nSPS) is 10.3. The van der Waals surface area contributed by atoms with Gasteiger partial charge in [0.15, 0.2) is 6.29 Å². The van der Waals surface area contributed by atoms with Gasteiger partial charge >= 0.3 is 0 Å². The Hall–Kier alpha value is -1.38. The van der Waals surface area contributed by atoms with E-state index in [1.165, 1.54) is 18.2 Å². The molecule has 0 unspecified atom stereocenters. The summed E-state index contributed by atoms with van der Waals surface area (Å²) in [6.07, 6.45) is 0.695. The highest BCUT2D eigenvalue weighted by molar-refractivity contribution is 6.33. The molecule has 0 aliphatic rings. The van der Waals surface area contributed by atoms with Crippen LogP contribution in [0.15, 0.2) is 36.4 Å². The minimum atomic E-state index is -0.416. The minimum Gasteiger partial charge on any atom is -0.298 e. The van der Waals surface area contributed by atoms with Crippen molar-refractivity contribution in [3.63, 3.8) is 0 Å². The Labute approximate surface area is 108 Å². The quantitative estimate of drug-likeness (QED) is 0.727. The first-order valence-corrected chi connectivity index (χ1v) is 5.57. The van der Waals surface area contributed by atoms with Gasteiger partial charge in [-0.2, -0.15) is 0 Å². The molecule has 2 aromatic carbocycles. The van der Waals surface area contributed by atoms with E-state index in [9.17, 15) is 9.18 Å². The first-order valence-electron chi connectivity index (χ1n) is 4.82. The van der Waals surface area contributed by atoms with E-state index in [2.05, 4.69) is 0 Å². The molecule has 0 spiro atoms. The van der Waals surface area contributed by atoms with Crippen molar-refractivity contribution >= 4 is 29.5 Å². The average molecular weight is 269 g/mol. The van der Waals surface area contributed by atoms with Crippen LogP contribution in [0.5, 0.6) is 0 Å². The standard InChI is InChI=1S/C13H7Cl2FO/c14-9-1-3-11(8(5-9)7-17)12-4-2-10(16)6-13(12)15/h1-7H. The first kappa shape index (κ1) is 12.1. The van der Waals surface area contributed by atoms with Gasteiger partial charge < -0.3 is 0 Å². The van der Waals surface area contributed by atoms with Crippen LogP contribution in [0.2, 0.25) is 10.0 Å². The molecule has 17 heavy (non-hydrogen) atoms. The number of rotatable bonds is 2. The number of hydrogen-bond acceptors (Lipinski definition) is 1. The summed E-state index contributed by atoms with van der Waals surface area (Å²) in [4.78, 5) is 11.0. The highest BCUT2D eigenvalue weighted by atomic mass is 35.5. The van der Waals surface area contributed by atoms with E-state index >= 15 is 0 Å². The summed E-state index contributed by atoms with van der Waals surface area (Å²) < 4.78 is 12.9. The van der Waals surface area contributed by atoms with E-state index in [4.69, 9.17) is 23.2 Å². The topological polar surface area (TPSA) is 17.1 Å². The Kier molecular flexibility index (Phi) is 3.46. The molecule has 2 rings (SSSR count). The van der Waals surface area contributed by atoms with E-state index in [1.54, 1.807) is 18.2 Å². The molecule has 0 aromatic heterocycles. The fourth-order valence-electron chi connectivity index (χ4n) is 1.58. The summed E-state index contributed by atoms with van der Waals surface area (Å²) >= 11 is 11.7. The van der Waals surface area contributed by atoms with Crippen molar-refractivity contribution < 1.29 is 9.18 Å². The highest BCUT2D eigenvalue weighted by Crippen LogP contribution is 2.31. The van der Waals surface area contributed by atoms with Crippen molar-refractivity contribution in [3.05, 3.63) is 57.8 Å². The van der Waals surface area contributed by atoms with E-state index in [0.29, 0.717) is 28.0 Å². The van der Waals surface area contributed by atoms with Gasteiger partial charge in [0.25, 0.3) is 0 Å². The maximum atomic E-state index is 12.9. The van der Waals surface area contributed by atoms with Crippen molar-refractivity contribution in [2.75, 3.05) is 0 Å². The third kappa shape index (κ3) is 2.48. The van der Waals surface area contributed by atoms with E-state index in [1.807, 2.05) is 0 Å². The van der Waals surface area contributed by atoms with E-state index in [0.717, 1.165) is 0 Å². The van der Waals surface area contributed by atoms with Gasteiger partial charge in [-0.25, -0.2) is 4.39 Å². The van der Waals surface area contributed by atoms with Gasteiger partial charge in [-0.05, 0) is 35.9 Å². The van der Waals surface area contributed by atoms with Crippen LogP contribution in [0, 0.1) is 5.82 Å². The lowest BCUT2D eigenvalue weighted by Gasteiger charge is -2.07. The number of aldehydes is 1. The molecule has 0 radical (unpaired) electrons. The van der Waals surface area contributed by atoms with Crippen molar-refractivity contribution in [1.29, 1.82) is 0 Å². The molecular weight excluding hydrogens is 262 g/mol. The fraction of sp³-hybridized carbons (Fsp3) is 0. The number of carbonyl (C=O) groups excluding carboxylic acids is 1. The van der Waals surface area contributed by atoms with E-state index in [-0.39, 0.29) is 5.02 Å². The summed E-state index contributed by atoms with van der Waals surface area (Å²) in [5, 5.41) is 0.726. The van der Waals surface area contributed by atoms with Gasteiger partial charge in [-0.15, -0.1) is 0 Å². The molecule has 0 saturated heterocycles. The summed E-state index contributed by atoms with van der Waals surface area (Å²) in [6.45, 7) is 0. The second-order valence-corrected chi connectivity index (χ2v) is 4.32. The lowest BCUT2D eigenvalue weighted by atomic mass is 10.0. The average Bonchev–Trinajstić information content (AvgIpc) is 2.30. The molecule has 0 N–H and O–H groups in total. The Morgan fingerprint density at radius 2 is 1.71 bits per heavy atom. The van der Waals surface area contributed by atoms with Gasteiger partial charge in [-0.1, -0.05) is 29.3 Å². The minimum absolute atomic E-state index is 0.260. The maximum absolute atomic E-state index is 12.9.